The third-order valence-corrected chi connectivity index (χ3v) is 5.70. The van der Waals surface area contributed by atoms with Crippen molar-refractivity contribution in [3.63, 3.8) is 0 Å². The average Bonchev–Trinajstić information content (AvgIpc) is 3.45. The van der Waals surface area contributed by atoms with Gasteiger partial charge in [0.25, 0.3) is 5.91 Å². The fraction of sp³-hybridized carbons (Fsp3) is 0.208. The Morgan fingerprint density at radius 2 is 1.94 bits per heavy atom. The molecule has 0 radical (unpaired) electrons. The van der Waals surface area contributed by atoms with Crippen molar-refractivity contribution in [1.82, 2.24) is 20.1 Å². The third-order valence-electron chi connectivity index (χ3n) is 5.70. The number of H-pyrrole nitrogens is 1. The van der Waals surface area contributed by atoms with E-state index < -0.39 is 17.5 Å². The predicted molar refractivity (Wildman–Crippen MR) is 118 cm³/mol. The Morgan fingerprint density at radius 3 is 2.78 bits per heavy atom. The van der Waals surface area contributed by atoms with E-state index >= 15 is 0 Å². The summed E-state index contributed by atoms with van der Waals surface area (Å²) in [6.45, 7) is 2.87. The zero-order valence-electron chi connectivity index (χ0n) is 17.2. The number of amides is 1. The van der Waals surface area contributed by atoms with Crippen molar-refractivity contribution in [2.24, 2.45) is 0 Å². The van der Waals surface area contributed by atoms with E-state index in [-0.39, 0.29) is 11.3 Å². The molecule has 1 aliphatic heterocycles. The zero-order chi connectivity index (χ0) is 22.1. The molecule has 0 bridgehead atoms. The number of likely N-dealkylation sites (tertiary alicyclic amines) is 1. The second kappa shape index (κ2) is 8.47. The molecule has 1 saturated heterocycles. The van der Waals surface area contributed by atoms with Crippen molar-refractivity contribution in [1.29, 1.82) is 0 Å². The minimum absolute atomic E-state index is 0.125. The first kappa shape index (κ1) is 20.3. The average molecular weight is 433 g/mol. The van der Waals surface area contributed by atoms with Crippen molar-refractivity contribution in [2.75, 3.05) is 18.4 Å². The summed E-state index contributed by atoms with van der Waals surface area (Å²) in [4.78, 5) is 19.7. The molecule has 32 heavy (non-hydrogen) atoms. The Labute approximate surface area is 183 Å². The van der Waals surface area contributed by atoms with Crippen molar-refractivity contribution < 1.29 is 13.6 Å². The number of anilines is 1. The lowest BCUT2D eigenvalue weighted by atomic mass is 10.0. The molecule has 1 fully saturated rings. The largest absolute Gasteiger partial charge is 0.320 e. The van der Waals surface area contributed by atoms with Gasteiger partial charge in [-0.2, -0.15) is 5.10 Å². The number of carbonyl (C=O) groups is 1. The van der Waals surface area contributed by atoms with E-state index in [0.717, 1.165) is 31.4 Å². The summed E-state index contributed by atoms with van der Waals surface area (Å²) in [5, 5.41) is 10.4. The molecule has 0 unspecified atom stereocenters. The molecule has 0 spiro atoms. The topological polar surface area (TPSA) is 73.9 Å². The molecule has 3 heterocycles. The van der Waals surface area contributed by atoms with Gasteiger partial charge in [0.2, 0.25) is 0 Å². The van der Waals surface area contributed by atoms with Crippen LogP contribution in [-0.2, 0) is 6.54 Å². The smallest absolute Gasteiger partial charge is 0.276 e. The SMILES string of the molecule is O=C(Nc1ccnc(CN2CCCC2)c1)c1n[nH]c2ccc(-c3cccc(F)c3F)cc12. The van der Waals surface area contributed by atoms with E-state index in [4.69, 9.17) is 0 Å². The van der Waals surface area contributed by atoms with E-state index in [1.807, 2.05) is 6.07 Å². The van der Waals surface area contributed by atoms with Crippen LogP contribution in [0, 0.1) is 11.6 Å². The maximum Gasteiger partial charge on any atom is 0.276 e. The number of fused-ring (bicyclic) bond motifs is 1. The summed E-state index contributed by atoms with van der Waals surface area (Å²) in [5.41, 5.74) is 2.90. The third kappa shape index (κ3) is 3.97. The number of halogens is 2. The Balaban J connectivity index is 1.41. The van der Waals surface area contributed by atoms with Crippen LogP contribution in [0.5, 0.6) is 0 Å². The number of hydrogen-bond acceptors (Lipinski definition) is 4. The number of benzene rings is 2. The Bertz CT molecular complexity index is 1300. The number of aromatic amines is 1. The van der Waals surface area contributed by atoms with Crippen LogP contribution in [0.2, 0.25) is 0 Å². The molecular weight excluding hydrogens is 412 g/mol. The number of nitrogens with zero attached hydrogens (tertiary/aromatic N) is 3. The van der Waals surface area contributed by atoms with E-state index in [1.165, 1.54) is 25.0 Å². The van der Waals surface area contributed by atoms with E-state index in [0.29, 0.717) is 22.2 Å². The summed E-state index contributed by atoms with van der Waals surface area (Å²) < 4.78 is 27.9. The Morgan fingerprint density at radius 1 is 1.09 bits per heavy atom. The van der Waals surface area contributed by atoms with Crippen LogP contribution in [0.1, 0.15) is 29.0 Å². The van der Waals surface area contributed by atoms with Gasteiger partial charge in [0.15, 0.2) is 17.3 Å². The van der Waals surface area contributed by atoms with Crippen LogP contribution < -0.4 is 5.32 Å². The number of nitrogens with one attached hydrogen (secondary N) is 2. The fourth-order valence-corrected chi connectivity index (χ4v) is 4.08. The molecule has 0 aliphatic carbocycles. The van der Waals surface area contributed by atoms with Gasteiger partial charge in [0, 0.05) is 29.4 Å². The Kier molecular flexibility index (Phi) is 5.36. The lowest BCUT2D eigenvalue weighted by Crippen LogP contribution is -2.19. The van der Waals surface area contributed by atoms with E-state index in [1.54, 1.807) is 30.5 Å². The number of rotatable bonds is 5. The lowest BCUT2D eigenvalue weighted by molar-refractivity contribution is 0.102. The highest BCUT2D eigenvalue weighted by Gasteiger charge is 2.18. The predicted octanol–water partition coefficient (Wildman–Crippen LogP) is 4.75. The first-order chi connectivity index (χ1) is 15.6. The van der Waals surface area contributed by atoms with Gasteiger partial charge in [-0.3, -0.25) is 19.8 Å². The van der Waals surface area contributed by atoms with Crippen LogP contribution in [0.25, 0.3) is 22.0 Å². The van der Waals surface area contributed by atoms with Gasteiger partial charge in [0.1, 0.15) is 0 Å². The molecule has 6 nitrogen and oxygen atoms in total. The van der Waals surface area contributed by atoms with Crippen molar-refractivity contribution in [3.8, 4) is 11.1 Å². The van der Waals surface area contributed by atoms with Crippen LogP contribution in [0.4, 0.5) is 14.5 Å². The molecule has 0 atom stereocenters. The normalized spacial score (nSPS) is 14.2. The molecule has 5 rings (SSSR count). The molecule has 0 saturated carbocycles. The molecule has 2 aromatic heterocycles. The van der Waals surface area contributed by atoms with Gasteiger partial charge < -0.3 is 5.32 Å². The van der Waals surface area contributed by atoms with Gasteiger partial charge in [0.05, 0.1) is 11.2 Å². The molecule has 2 N–H and O–H groups in total. The quantitative estimate of drug-likeness (QED) is 0.476. The van der Waals surface area contributed by atoms with Gasteiger partial charge in [-0.05, 0) is 61.8 Å². The molecule has 1 amide bonds. The summed E-state index contributed by atoms with van der Waals surface area (Å²) in [6.07, 6.45) is 4.07. The Hall–Kier alpha value is -3.65. The maximum absolute atomic E-state index is 14.3. The highest BCUT2D eigenvalue weighted by molar-refractivity contribution is 6.11. The second-order valence-electron chi connectivity index (χ2n) is 7.91. The fourth-order valence-electron chi connectivity index (χ4n) is 4.08. The molecule has 8 heteroatoms. The maximum atomic E-state index is 14.3. The number of hydrogen-bond donors (Lipinski definition) is 2. The molecular formula is C24H21F2N5O. The summed E-state index contributed by atoms with van der Waals surface area (Å²) >= 11 is 0. The molecule has 1 aliphatic rings. The zero-order valence-corrected chi connectivity index (χ0v) is 17.2. The molecule has 162 valence electrons. The standard InChI is InChI=1S/C24H21F2N5O/c25-20-5-3-4-18(22(20)26)15-6-7-21-19(12-15)23(30-29-21)24(32)28-16-8-9-27-17(13-16)14-31-10-1-2-11-31/h3-9,12-13H,1-2,10-11,14H2,(H,29,30)(H,27,28,32). The van der Waals surface area contributed by atoms with E-state index in [9.17, 15) is 13.6 Å². The van der Waals surface area contributed by atoms with Crippen LogP contribution in [-0.4, -0.2) is 39.1 Å². The minimum Gasteiger partial charge on any atom is -0.320 e. The highest BCUT2D eigenvalue weighted by atomic mass is 19.2. The van der Waals surface area contributed by atoms with Crippen LogP contribution in [0.15, 0.2) is 54.7 Å². The van der Waals surface area contributed by atoms with Gasteiger partial charge >= 0.3 is 0 Å². The van der Waals surface area contributed by atoms with Gasteiger partial charge in [-0.1, -0.05) is 18.2 Å². The summed E-state index contributed by atoms with van der Waals surface area (Å²) in [5.74, 6) is -2.25. The number of aromatic nitrogens is 3. The monoisotopic (exact) mass is 433 g/mol. The minimum atomic E-state index is -0.927. The van der Waals surface area contributed by atoms with Crippen LogP contribution >= 0.6 is 0 Å². The van der Waals surface area contributed by atoms with Crippen LogP contribution in [0.3, 0.4) is 0 Å². The van der Waals surface area contributed by atoms with Gasteiger partial charge in [-0.15, -0.1) is 0 Å². The molecule has 2 aromatic carbocycles. The van der Waals surface area contributed by atoms with Gasteiger partial charge in [-0.25, -0.2) is 8.78 Å². The lowest BCUT2D eigenvalue weighted by Gasteiger charge is -2.14. The highest BCUT2D eigenvalue weighted by Crippen LogP contribution is 2.28. The first-order valence-electron chi connectivity index (χ1n) is 10.5. The first-order valence-corrected chi connectivity index (χ1v) is 10.5. The number of pyridine rings is 1. The van der Waals surface area contributed by atoms with Crippen molar-refractivity contribution in [3.05, 3.63) is 77.8 Å². The van der Waals surface area contributed by atoms with Crippen molar-refractivity contribution >= 4 is 22.5 Å². The summed E-state index contributed by atoms with van der Waals surface area (Å²) in [6, 6.07) is 12.6. The second-order valence-corrected chi connectivity index (χ2v) is 7.91. The summed E-state index contributed by atoms with van der Waals surface area (Å²) in [7, 11) is 0. The van der Waals surface area contributed by atoms with E-state index in [2.05, 4.69) is 25.4 Å². The van der Waals surface area contributed by atoms with Crippen molar-refractivity contribution in [2.45, 2.75) is 19.4 Å². The molecule has 4 aromatic rings. The number of carbonyl (C=O) groups excluding carboxylic acids is 1.